The Bertz CT molecular complexity index is 1090. The Labute approximate surface area is 169 Å². The summed E-state index contributed by atoms with van der Waals surface area (Å²) in [6.07, 6.45) is 0. The van der Waals surface area contributed by atoms with Crippen LogP contribution in [0.25, 0.3) is 5.69 Å². The standard InChI is InChI=1S/C22H24N4O3/c1-14(2)20(27)23-17-12-10-16(11-13-17)21(28)24-19-15(3)25(4)26(22(19)29)18-8-6-5-7-9-18/h5-14H,1-4H3,(H,23,27)(H,24,28). The van der Waals surface area contributed by atoms with Crippen LogP contribution in [0, 0.1) is 12.8 Å². The van der Waals surface area contributed by atoms with Gasteiger partial charge in [0, 0.05) is 24.2 Å². The molecule has 2 N–H and O–H groups in total. The van der Waals surface area contributed by atoms with E-state index < -0.39 is 5.91 Å². The van der Waals surface area contributed by atoms with E-state index in [4.69, 9.17) is 0 Å². The summed E-state index contributed by atoms with van der Waals surface area (Å²) < 4.78 is 3.22. The summed E-state index contributed by atoms with van der Waals surface area (Å²) in [6.45, 7) is 5.39. The van der Waals surface area contributed by atoms with Crippen LogP contribution in [0.1, 0.15) is 29.9 Å². The van der Waals surface area contributed by atoms with Gasteiger partial charge in [0.15, 0.2) is 0 Å². The topological polar surface area (TPSA) is 85.1 Å². The molecule has 0 fully saturated rings. The molecule has 0 radical (unpaired) electrons. The molecule has 0 atom stereocenters. The highest BCUT2D eigenvalue weighted by Gasteiger charge is 2.19. The molecule has 0 aliphatic carbocycles. The Morgan fingerprint density at radius 3 is 2.14 bits per heavy atom. The number of hydrogen-bond donors (Lipinski definition) is 2. The highest BCUT2D eigenvalue weighted by Crippen LogP contribution is 2.16. The van der Waals surface area contributed by atoms with E-state index in [2.05, 4.69) is 10.6 Å². The van der Waals surface area contributed by atoms with E-state index >= 15 is 0 Å². The lowest BCUT2D eigenvalue weighted by Crippen LogP contribution is -2.23. The van der Waals surface area contributed by atoms with E-state index in [9.17, 15) is 14.4 Å². The highest BCUT2D eigenvalue weighted by atomic mass is 16.2. The van der Waals surface area contributed by atoms with Crippen molar-refractivity contribution in [2.24, 2.45) is 13.0 Å². The molecule has 0 spiro atoms. The van der Waals surface area contributed by atoms with Crippen molar-refractivity contribution >= 4 is 23.2 Å². The molecule has 7 nitrogen and oxygen atoms in total. The van der Waals surface area contributed by atoms with Gasteiger partial charge in [0.05, 0.1) is 11.4 Å². The Morgan fingerprint density at radius 1 is 0.931 bits per heavy atom. The van der Waals surface area contributed by atoms with Gasteiger partial charge >= 0.3 is 0 Å². The summed E-state index contributed by atoms with van der Waals surface area (Å²) in [7, 11) is 1.77. The van der Waals surface area contributed by atoms with Crippen LogP contribution < -0.4 is 16.2 Å². The molecule has 0 saturated heterocycles. The van der Waals surface area contributed by atoms with E-state index in [1.165, 1.54) is 4.68 Å². The molecule has 0 aliphatic rings. The van der Waals surface area contributed by atoms with E-state index in [-0.39, 0.29) is 23.1 Å². The molecule has 150 valence electrons. The minimum absolute atomic E-state index is 0.0939. The van der Waals surface area contributed by atoms with Crippen molar-refractivity contribution in [3.8, 4) is 5.69 Å². The van der Waals surface area contributed by atoms with Gasteiger partial charge < -0.3 is 10.6 Å². The first-order valence-electron chi connectivity index (χ1n) is 9.36. The molecule has 0 saturated carbocycles. The van der Waals surface area contributed by atoms with Crippen molar-refractivity contribution < 1.29 is 9.59 Å². The maximum absolute atomic E-state index is 12.9. The first-order valence-corrected chi connectivity index (χ1v) is 9.36. The number of aromatic nitrogens is 2. The minimum atomic E-state index is -0.391. The molecule has 29 heavy (non-hydrogen) atoms. The van der Waals surface area contributed by atoms with Gasteiger partial charge in [0.2, 0.25) is 5.91 Å². The second-order valence-corrected chi connectivity index (χ2v) is 7.11. The average molecular weight is 392 g/mol. The Kier molecular flexibility index (Phi) is 5.68. The highest BCUT2D eigenvalue weighted by molar-refractivity contribution is 6.05. The molecule has 0 aliphatic heterocycles. The number of amides is 2. The third-order valence-corrected chi connectivity index (χ3v) is 4.73. The molecule has 7 heteroatoms. The summed E-state index contributed by atoms with van der Waals surface area (Å²) in [4.78, 5) is 37.3. The molecular formula is C22H24N4O3. The Morgan fingerprint density at radius 2 is 1.55 bits per heavy atom. The third kappa shape index (κ3) is 4.13. The zero-order valence-corrected chi connectivity index (χ0v) is 16.9. The van der Waals surface area contributed by atoms with Crippen LogP contribution in [0.2, 0.25) is 0 Å². The van der Waals surface area contributed by atoms with Crippen molar-refractivity contribution in [3.05, 3.63) is 76.2 Å². The number of rotatable bonds is 5. The summed E-state index contributed by atoms with van der Waals surface area (Å²) in [5.74, 6) is -0.618. The summed E-state index contributed by atoms with van der Waals surface area (Å²) >= 11 is 0. The van der Waals surface area contributed by atoms with Gasteiger partial charge in [0.25, 0.3) is 11.5 Å². The summed E-state index contributed by atoms with van der Waals surface area (Å²) in [5, 5.41) is 5.50. The van der Waals surface area contributed by atoms with Gasteiger partial charge in [-0.05, 0) is 43.3 Å². The lowest BCUT2D eigenvalue weighted by Gasteiger charge is -2.08. The van der Waals surface area contributed by atoms with E-state index in [0.29, 0.717) is 22.6 Å². The number of hydrogen-bond acceptors (Lipinski definition) is 3. The van der Waals surface area contributed by atoms with Crippen LogP contribution >= 0.6 is 0 Å². The van der Waals surface area contributed by atoms with Gasteiger partial charge in [-0.1, -0.05) is 32.0 Å². The van der Waals surface area contributed by atoms with E-state index in [1.54, 1.807) is 42.9 Å². The van der Waals surface area contributed by atoms with Gasteiger partial charge in [-0.3, -0.25) is 19.1 Å². The van der Waals surface area contributed by atoms with Crippen molar-refractivity contribution in [3.63, 3.8) is 0 Å². The molecule has 2 aromatic carbocycles. The Hall–Kier alpha value is -3.61. The summed E-state index contributed by atoms with van der Waals surface area (Å²) in [6, 6.07) is 15.8. The number of anilines is 2. The quantitative estimate of drug-likeness (QED) is 0.698. The first kappa shape index (κ1) is 20.1. The van der Waals surface area contributed by atoms with Gasteiger partial charge in [-0.2, -0.15) is 0 Å². The zero-order valence-electron chi connectivity index (χ0n) is 16.9. The Balaban J connectivity index is 1.83. The van der Waals surface area contributed by atoms with E-state index in [0.717, 1.165) is 0 Å². The fourth-order valence-corrected chi connectivity index (χ4v) is 2.89. The predicted octanol–water partition coefficient (Wildman–Crippen LogP) is 3.33. The van der Waals surface area contributed by atoms with Crippen LogP contribution in [0.15, 0.2) is 59.4 Å². The monoisotopic (exact) mass is 392 g/mol. The largest absolute Gasteiger partial charge is 0.326 e. The second-order valence-electron chi connectivity index (χ2n) is 7.11. The molecule has 1 heterocycles. The number of carbonyl (C=O) groups excluding carboxylic acids is 2. The second kappa shape index (κ2) is 8.18. The maximum Gasteiger partial charge on any atom is 0.295 e. The number of nitrogens with zero attached hydrogens (tertiary/aromatic N) is 2. The fourth-order valence-electron chi connectivity index (χ4n) is 2.89. The normalized spacial score (nSPS) is 10.8. The molecule has 3 aromatic rings. The van der Waals surface area contributed by atoms with Crippen molar-refractivity contribution in [2.75, 3.05) is 10.6 Å². The SMILES string of the molecule is Cc1c(NC(=O)c2ccc(NC(=O)C(C)C)cc2)c(=O)n(-c2ccccc2)n1C. The van der Waals surface area contributed by atoms with Crippen molar-refractivity contribution in [1.82, 2.24) is 9.36 Å². The molecule has 1 aromatic heterocycles. The smallest absolute Gasteiger partial charge is 0.295 e. The predicted molar refractivity (Wildman–Crippen MR) is 114 cm³/mol. The van der Waals surface area contributed by atoms with Crippen LogP contribution in [0.3, 0.4) is 0 Å². The van der Waals surface area contributed by atoms with Crippen molar-refractivity contribution in [1.29, 1.82) is 0 Å². The van der Waals surface area contributed by atoms with Gasteiger partial charge in [-0.15, -0.1) is 0 Å². The zero-order chi connectivity index (χ0) is 21.1. The number of carbonyl (C=O) groups is 2. The number of para-hydroxylation sites is 1. The third-order valence-electron chi connectivity index (χ3n) is 4.73. The fraction of sp³-hybridized carbons (Fsp3) is 0.227. The number of nitrogens with one attached hydrogen (secondary N) is 2. The molecule has 3 rings (SSSR count). The molecular weight excluding hydrogens is 368 g/mol. The van der Waals surface area contributed by atoms with Crippen molar-refractivity contribution in [2.45, 2.75) is 20.8 Å². The molecule has 0 bridgehead atoms. The first-order chi connectivity index (χ1) is 13.8. The van der Waals surface area contributed by atoms with Crippen LogP contribution in [-0.2, 0) is 11.8 Å². The molecule has 0 unspecified atom stereocenters. The molecule has 2 amide bonds. The van der Waals surface area contributed by atoms with Gasteiger partial charge in [0.1, 0.15) is 5.69 Å². The van der Waals surface area contributed by atoms with E-state index in [1.807, 2.05) is 44.2 Å². The van der Waals surface area contributed by atoms with Gasteiger partial charge in [-0.25, -0.2) is 4.68 Å². The number of benzene rings is 2. The average Bonchev–Trinajstić information content (AvgIpc) is 2.92. The van der Waals surface area contributed by atoms with Crippen LogP contribution in [0.4, 0.5) is 11.4 Å². The summed E-state index contributed by atoms with van der Waals surface area (Å²) in [5.41, 5.74) is 2.30. The lowest BCUT2D eigenvalue weighted by atomic mass is 10.1. The van der Waals surface area contributed by atoms with Crippen LogP contribution in [-0.4, -0.2) is 21.2 Å². The lowest BCUT2D eigenvalue weighted by molar-refractivity contribution is -0.118. The maximum atomic E-state index is 12.9. The van der Waals surface area contributed by atoms with Crippen LogP contribution in [0.5, 0.6) is 0 Å². The minimum Gasteiger partial charge on any atom is -0.326 e.